The van der Waals surface area contributed by atoms with E-state index < -0.39 is 5.91 Å². The molecular formula is C23H24ClN3O2. The molecule has 3 rings (SSSR count). The van der Waals surface area contributed by atoms with Gasteiger partial charge in [0.25, 0.3) is 11.8 Å². The number of carbonyl (C=O) groups is 2. The van der Waals surface area contributed by atoms with Crippen LogP contribution in [0.1, 0.15) is 29.8 Å². The van der Waals surface area contributed by atoms with Crippen LogP contribution in [0.25, 0.3) is 17.0 Å². The molecular weight excluding hydrogens is 386 g/mol. The Morgan fingerprint density at radius 3 is 2.41 bits per heavy atom. The van der Waals surface area contributed by atoms with Crippen LogP contribution in [0.4, 0.5) is 0 Å². The van der Waals surface area contributed by atoms with Crippen LogP contribution >= 0.6 is 11.6 Å². The molecule has 0 aliphatic carbocycles. The summed E-state index contributed by atoms with van der Waals surface area (Å²) in [7, 11) is 1.95. The molecule has 6 heteroatoms. The van der Waals surface area contributed by atoms with E-state index in [1.54, 1.807) is 35.2 Å². The molecule has 0 aliphatic rings. The monoisotopic (exact) mass is 409 g/mol. The molecule has 0 atom stereocenters. The van der Waals surface area contributed by atoms with Gasteiger partial charge < -0.3 is 14.8 Å². The van der Waals surface area contributed by atoms with Gasteiger partial charge in [-0.2, -0.15) is 0 Å². The predicted molar refractivity (Wildman–Crippen MR) is 118 cm³/mol. The molecule has 0 aliphatic heterocycles. The second-order valence-electron chi connectivity index (χ2n) is 6.68. The molecule has 0 radical (unpaired) electrons. The number of fused-ring (bicyclic) bond motifs is 1. The third kappa shape index (κ3) is 4.35. The minimum atomic E-state index is -0.414. The molecule has 0 fully saturated rings. The number of para-hydroxylation sites is 1. The van der Waals surface area contributed by atoms with Crippen molar-refractivity contribution in [2.45, 2.75) is 13.8 Å². The smallest absolute Gasteiger partial charge is 0.270 e. The van der Waals surface area contributed by atoms with Gasteiger partial charge in [0.05, 0.1) is 10.6 Å². The average Bonchev–Trinajstić information content (AvgIpc) is 3.04. The van der Waals surface area contributed by atoms with Gasteiger partial charge in [0.1, 0.15) is 5.70 Å². The second-order valence-corrected chi connectivity index (χ2v) is 7.09. The van der Waals surface area contributed by atoms with Gasteiger partial charge >= 0.3 is 0 Å². The Labute approximate surface area is 175 Å². The van der Waals surface area contributed by atoms with Gasteiger partial charge in [0, 0.05) is 42.8 Å². The van der Waals surface area contributed by atoms with Crippen molar-refractivity contribution in [1.82, 2.24) is 14.8 Å². The number of likely N-dealkylation sites (N-methyl/N-ethyl adjacent to an activating group) is 1. The number of halogens is 1. The van der Waals surface area contributed by atoms with Crippen molar-refractivity contribution in [3.8, 4) is 0 Å². The van der Waals surface area contributed by atoms with Gasteiger partial charge in [-0.1, -0.05) is 41.9 Å². The molecule has 0 saturated carbocycles. The second kappa shape index (κ2) is 8.97. The van der Waals surface area contributed by atoms with Crippen LogP contribution in [0.15, 0.2) is 60.4 Å². The van der Waals surface area contributed by atoms with E-state index in [0.717, 1.165) is 16.5 Å². The summed E-state index contributed by atoms with van der Waals surface area (Å²) in [6.45, 7) is 4.91. The number of aromatic nitrogens is 1. The van der Waals surface area contributed by atoms with Crippen molar-refractivity contribution in [2.75, 3.05) is 13.1 Å². The van der Waals surface area contributed by atoms with Crippen LogP contribution < -0.4 is 5.32 Å². The summed E-state index contributed by atoms with van der Waals surface area (Å²) < 4.78 is 2.00. The molecule has 29 heavy (non-hydrogen) atoms. The summed E-state index contributed by atoms with van der Waals surface area (Å²) in [5.41, 5.74) is 2.45. The minimum absolute atomic E-state index is 0.218. The van der Waals surface area contributed by atoms with Crippen molar-refractivity contribution in [2.24, 2.45) is 7.05 Å². The van der Waals surface area contributed by atoms with Crippen molar-refractivity contribution in [1.29, 1.82) is 0 Å². The lowest BCUT2D eigenvalue weighted by atomic mass is 10.1. The molecule has 0 saturated heterocycles. The van der Waals surface area contributed by atoms with Gasteiger partial charge in [0.15, 0.2) is 0 Å². The fourth-order valence-corrected chi connectivity index (χ4v) is 3.53. The molecule has 2 aromatic carbocycles. The molecule has 1 N–H and O–H groups in total. The van der Waals surface area contributed by atoms with Crippen molar-refractivity contribution < 1.29 is 9.59 Å². The van der Waals surface area contributed by atoms with Gasteiger partial charge in [-0.25, -0.2) is 0 Å². The standard InChI is InChI=1S/C23H24ClN3O2/c1-4-27(5-2)23(29)20(25-22(28)18-11-6-8-12-19(18)24)14-16-15-26(3)21-13-9-7-10-17(16)21/h6-15H,4-5H2,1-3H3,(H,25,28). The highest BCUT2D eigenvalue weighted by Gasteiger charge is 2.20. The maximum Gasteiger partial charge on any atom is 0.270 e. The van der Waals surface area contributed by atoms with Crippen LogP contribution in [0, 0.1) is 0 Å². The summed E-state index contributed by atoms with van der Waals surface area (Å²) in [5.74, 6) is -0.647. The highest BCUT2D eigenvalue weighted by Crippen LogP contribution is 2.23. The van der Waals surface area contributed by atoms with Gasteiger partial charge in [-0.05, 0) is 38.1 Å². The number of nitrogens with zero attached hydrogens (tertiary/aromatic N) is 2. The van der Waals surface area contributed by atoms with E-state index in [0.29, 0.717) is 23.7 Å². The van der Waals surface area contributed by atoms with Crippen LogP contribution in [-0.4, -0.2) is 34.4 Å². The predicted octanol–water partition coefficient (Wildman–Crippen LogP) is 4.47. The molecule has 0 bridgehead atoms. The molecule has 2 amide bonds. The van der Waals surface area contributed by atoms with Crippen LogP contribution in [-0.2, 0) is 11.8 Å². The molecule has 150 valence electrons. The van der Waals surface area contributed by atoms with E-state index in [1.807, 2.05) is 55.9 Å². The first-order valence-corrected chi connectivity index (χ1v) is 9.95. The first kappa shape index (κ1) is 20.7. The fraction of sp³-hybridized carbons (Fsp3) is 0.217. The summed E-state index contributed by atoms with van der Waals surface area (Å²) in [5, 5.41) is 4.13. The van der Waals surface area contributed by atoms with E-state index in [-0.39, 0.29) is 11.6 Å². The quantitative estimate of drug-likeness (QED) is 0.610. The lowest BCUT2D eigenvalue weighted by Crippen LogP contribution is -2.38. The summed E-state index contributed by atoms with van der Waals surface area (Å²) >= 11 is 6.16. The summed E-state index contributed by atoms with van der Waals surface area (Å²) in [6, 6.07) is 14.7. The molecule has 1 aromatic heterocycles. The minimum Gasteiger partial charge on any atom is -0.350 e. The van der Waals surface area contributed by atoms with E-state index in [2.05, 4.69) is 5.32 Å². The highest BCUT2D eigenvalue weighted by atomic mass is 35.5. The highest BCUT2D eigenvalue weighted by molar-refractivity contribution is 6.34. The van der Waals surface area contributed by atoms with Crippen LogP contribution in [0.5, 0.6) is 0 Å². The maximum absolute atomic E-state index is 13.1. The number of amides is 2. The number of carbonyl (C=O) groups excluding carboxylic acids is 2. The van der Waals surface area contributed by atoms with E-state index >= 15 is 0 Å². The number of hydrogen-bond acceptors (Lipinski definition) is 2. The number of hydrogen-bond donors (Lipinski definition) is 1. The van der Waals surface area contributed by atoms with Crippen molar-refractivity contribution in [3.05, 3.63) is 76.6 Å². The Hall–Kier alpha value is -3.05. The van der Waals surface area contributed by atoms with Crippen molar-refractivity contribution >= 4 is 40.4 Å². The van der Waals surface area contributed by atoms with Gasteiger partial charge in [-0.15, -0.1) is 0 Å². The Balaban J connectivity index is 2.05. The Morgan fingerprint density at radius 1 is 1.07 bits per heavy atom. The van der Waals surface area contributed by atoms with Crippen molar-refractivity contribution in [3.63, 3.8) is 0 Å². The Morgan fingerprint density at radius 2 is 1.72 bits per heavy atom. The zero-order valence-corrected chi connectivity index (χ0v) is 17.5. The van der Waals surface area contributed by atoms with E-state index in [9.17, 15) is 9.59 Å². The largest absolute Gasteiger partial charge is 0.350 e. The zero-order valence-electron chi connectivity index (χ0n) is 16.8. The Kier molecular flexibility index (Phi) is 6.39. The molecule has 0 spiro atoms. The third-order valence-corrected chi connectivity index (χ3v) is 5.20. The average molecular weight is 410 g/mol. The number of aryl methyl sites for hydroxylation is 1. The maximum atomic E-state index is 13.1. The lowest BCUT2D eigenvalue weighted by molar-refractivity contribution is -0.127. The SMILES string of the molecule is CCN(CC)C(=O)C(=Cc1cn(C)c2ccccc12)NC(=O)c1ccccc1Cl. The number of nitrogens with one attached hydrogen (secondary N) is 1. The van der Waals surface area contributed by atoms with E-state index in [4.69, 9.17) is 11.6 Å². The fourth-order valence-electron chi connectivity index (χ4n) is 3.31. The van der Waals surface area contributed by atoms with Crippen LogP contribution in [0.3, 0.4) is 0 Å². The normalized spacial score (nSPS) is 11.5. The molecule has 0 unspecified atom stereocenters. The number of rotatable bonds is 6. The lowest BCUT2D eigenvalue weighted by Gasteiger charge is -2.21. The third-order valence-electron chi connectivity index (χ3n) is 4.88. The summed E-state index contributed by atoms with van der Waals surface area (Å²) in [6.07, 6.45) is 3.68. The van der Waals surface area contributed by atoms with Gasteiger partial charge in [-0.3, -0.25) is 9.59 Å². The first-order valence-electron chi connectivity index (χ1n) is 9.57. The first-order chi connectivity index (χ1) is 14.0. The molecule has 5 nitrogen and oxygen atoms in total. The van der Waals surface area contributed by atoms with Gasteiger partial charge in [0.2, 0.25) is 0 Å². The Bertz CT molecular complexity index is 1080. The number of benzene rings is 2. The van der Waals surface area contributed by atoms with E-state index in [1.165, 1.54) is 0 Å². The summed E-state index contributed by atoms with van der Waals surface area (Å²) in [4.78, 5) is 27.6. The van der Waals surface area contributed by atoms with Crippen LogP contribution in [0.2, 0.25) is 5.02 Å². The zero-order chi connectivity index (χ0) is 21.0. The molecule has 1 heterocycles. The topological polar surface area (TPSA) is 54.3 Å². The molecule has 3 aromatic rings.